The molecular weight excluding hydrogens is 236 g/mol. The highest BCUT2D eigenvalue weighted by atomic mass is 28.3. The number of hydrogen-bond acceptors (Lipinski definition) is 2. The maximum atomic E-state index is 2.77. The summed E-state index contributed by atoms with van der Waals surface area (Å²) >= 11 is 0. The maximum absolute atomic E-state index is 2.77. The van der Waals surface area contributed by atoms with Crippen molar-refractivity contribution in [3.05, 3.63) is 11.8 Å². The van der Waals surface area contributed by atoms with Gasteiger partial charge >= 0.3 is 0 Å². The molecule has 108 valence electrons. The summed E-state index contributed by atoms with van der Waals surface area (Å²) < 4.78 is 5.54. The van der Waals surface area contributed by atoms with Crippen molar-refractivity contribution < 1.29 is 0 Å². The minimum atomic E-state index is -1.05. The third kappa shape index (κ3) is 6.71. The van der Waals surface area contributed by atoms with Gasteiger partial charge in [-0.25, -0.2) is 0 Å². The first kappa shape index (κ1) is 17.9. The van der Waals surface area contributed by atoms with Crippen LogP contribution >= 0.6 is 0 Å². The molecule has 0 saturated heterocycles. The van der Waals surface area contributed by atoms with Crippen LogP contribution in [-0.4, -0.2) is 44.4 Å². The molecule has 0 spiro atoms. The van der Waals surface area contributed by atoms with Gasteiger partial charge in [-0.1, -0.05) is 39.5 Å². The van der Waals surface area contributed by atoms with Crippen LogP contribution in [0.15, 0.2) is 11.8 Å². The highest BCUT2D eigenvalue weighted by Gasteiger charge is 2.22. The molecule has 0 unspecified atom stereocenters. The highest BCUT2D eigenvalue weighted by Crippen LogP contribution is 2.08. The second kappa shape index (κ2) is 11.9. The molecule has 0 atom stereocenters. The van der Waals surface area contributed by atoms with Gasteiger partial charge in [0, 0.05) is 0 Å². The van der Waals surface area contributed by atoms with Crippen LogP contribution < -0.4 is 0 Å². The van der Waals surface area contributed by atoms with Crippen molar-refractivity contribution in [2.75, 3.05) is 26.2 Å². The molecule has 3 heteroatoms. The lowest BCUT2D eigenvalue weighted by atomic mass is 10.4. The summed E-state index contributed by atoms with van der Waals surface area (Å²) in [7, 11) is -1.05. The molecule has 0 aromatic heterocycles. The van der Waals surface area contributed by atoms with Gasteiger partial charge in [-0.2, -0.15) is 0 Å². The van der Waals surface area contributed by atoms with Gasteiger partial charge in [0.2, 0.25) is 9.12 Å². The first-order valence-electron chi connectivity index (χ1n) is 7.85. The summed E-state index contributed by atoms with van der Waals surface area (Å²) in [4.78, 5) is 0. The fraction of sp³-hybridized carbons (Fsp3) is 0.867. The van der Waals surface area contributed by atoms with E-state index in [9.17, 15) is 0 Å². The summed E-state index contributed by atoms with van der Waals surface area (Å²) in [5.74, 6) is 0. The monoisotopic (exact) mass is 270 g/mol. The maximum Gasteiger partial charge on any atom is 0.215 e. The van der Waals surface area contributed by atoms with E-state index in [0.717, 1.165) is 0 Å². The molecule has 0 aliphatic carbocycles. The highest BCUT2D eigenvalue weighted by molar-refractivity contribution is 6.58. The summed E-state index contributed by atoms with van der Waals surface area (Å²) in [6.07, 6.45) is 7.36. The molecule has 0 rings (SSSR count). The lowest BCUT2D eigenvalue weighted by Gasteiger charge is -2.36. The molecule has 2 nitrogen and oxygen atoms in total. The van der Waals surface area contributed by atoms with Crippen LogP contribution in [0, 0.1) is 0 Å². The minimum Gasteiger partial charge on any atom is -0.311 e. The normalized spacial score (nSPS) is 12.4. The van der Waals surface area contributed by atoms with Crippen molar-refractivity contribution in [3.8, 4) is 0 Å². The molecule has 0 aromatic carbocycles. The van der Waals surface area contributed by atoms with E-state index < -0.39 is 9.12 Å². The Hall–Kier alpha value is -0.123. The summed E-state index contributed by atoms with van der Waals surface area (Å²) in [6, 6.07) is 0. The average Bonchev–Trinajstić information content (AvgIpc) is 2.36. The van der Waals surface area contributed by atoms with Gasteiger partial charge in [0.05, 0.1) is 0 Å². The molecule has 0 aliphatic heterocycles. The van der Waals surface area contributed by atoms with Gasteiger partial charge in [-0.15, -0.1) is 0 Å². The van der Waals surface area contributed by atoms with Gasteiger partial charge in [-0.05, 0) is 58.8 Å². The third-order valence-corrected chi connectivity index (χ3v) is 6.41. The van der Waals surface area contributed by atoms with Crippen molar-refractivity contribution in [3.63, 3.8) is 0 Å². The van der Waals surface area contributed by atoms with Crippen molar-refractivity contribution in [1.29, 1.82) is 0 Å². The van der Waals surface area contributed by atoms with Gasteiger partial charge in [0.1, 0.15) is 0 Å². The Kier molecular flexibility index (Phi) is 11.9. The van der Waals surface area contributed by atoms with Gasteiger partial charge in [0.15, 0.2) is 0 Å². The third-order valence-electron chi connectivity index (χ3n) is 3.16. The van der Waals surface area contributed by atoms with Crippen LogP contribution in [0.3, 0.4) is 0 Å². The van der Waals surface area contributed by atoms with Crippen LogP contribution in [0.1, 0.15) is 60.3 Å². The Morgan fingerprint density at radius 1 is 0.722 bits per heavy atom. The van der Waals surface area contributed by atoms with Gasteiger partial charge in [0.25, 0.3) is 0 Å². The minimum absolute atomic E-state index is 1.05. The lowest BCUT2D eigenvalue weighted by Crippen LogP contribution is -2.53. The van der Waals surface area contributed by atoms with E-state index in [1.807, 2.05) is 0 Å². The molecule has 0 amide bonds. The Balaban J connectivity index is 4.81. The van der Waals surface area contributed by atoms with Crippen molar-refractivity contribution in [1.82, 2.24) is 9.13 Å². The zero-order valence-electron chi connectivity index (χ0n) is 13.3. The summed E-state index contributed by atoms with van der Waals surface area (Å²) in [5, 5.41) is 0. The first-order valence-corrected chi connectivity index (χ1v) is 9.55. The summed E-state index contributed by atoms with van der Waals surface area (Å²) in [5.41, 5.74) is 2.51. The van der Waals surface area contributed by atoms with E-state index in [1.54, 1.807) is 0 Å². The molecule has 0 radical (unpaired) electrons. The molecule has 0 N–H and O–H groups in total. The average molecular weight is 271 g/mol. The molecule has 0 aromatic rings. The predicted octanol–water partition coefficient (Wildman–Crippen LogP) is 3.57. The lowest BCUT2D eigenvalue weighted by molar-refractivity contribution is 0.346. The smallest absolute Gasteiger partial charge is 0.215 e. The van der Waals surface area contributed by atoms with Crippen molar-refractivity contribution >= 4 is 9.12 Å². The number of rotatable bonds is 11. The zero-order valence-corrected chi connectivity index (χ0v) is 14.4. The van der Waals surface area contributed by atoms with Crippen LogP contribution in [0.25, 0.3) is 0 Å². The molecule has 0 saturated carbocycles. The van der Waals surface area contributed by atoms with Crippen LogP contribution in [-0.2, 0) is 0 Å². The second-order valence-corrected chi connectivity index (χ2v) is 7.68. The fourth-order valence-corrected chi connectivity index (χ4v) is 5.93. The van der Waals surface area contributed by atoms with Crippen molar-refractivity contribution in [2.24, 2.45) is 0 Å². The van der Waals surface area contributed by atoms with E-state index in [4.69, 9.17) is 0 Å². The molecule has 0 bridgehead atoms. The predicted molar refractivity (Wildman–Crippen MR) is 86.3 cm³/mol. The van der Waals surface area contributed by atoms with E-state index in [1.165, 1.54) is 51.9 Å². The Bertz CT molecular complexity index is 179. The Morgan fingerprint density at radius 3 is 1.28 bits per heavy atom. The fourth-order valence-electron chi connectivity index (χ4n) is 2.55. The molecule has 0 fully saturated rings. The topological polar surface area (TPSA) is 6.48 Å². The summed E-state index contributed by atoms with van der Waals surface area (Å²) in [6.45, 7) is 16.4. The molecule has 18 heavy (non-hydrogen) atoms. The van der Waals surface area contributed by atoms with E-state index in [-0.39, 0.29) is 0 Å². The van der Waals surface area contributed by atoms with Gasteiger partial charge in [-0.3, -0.25) is 0 Å². The largest absolute Gasteiger partial charge is 0.311 e. The number of hydrogen-bond donors (Lipinski definition) is 0. The van der Waals surface area contributed by atoms with Crippen LogP contribution in [0.4, 0.5) is 0 Å². The van der Waals surface area contributed by atoms with Crippen LogP contribution in [0.5, 0.6) is 0 Å². The Labute approximate surface area is 117 Å². The van der Waals surface area contributed by atoms with Crippen LogP contribution in [0.2, 0.25) is 0 Å². The van der Waals surface area contributed by atoms with E-state index >= 15 is 0 Å². The Morgan fingerprint density at radius 2 is 1.06 bits per heavy atom. The van der Waals surface area contributed by atoms with E-state index in [2.05, 4.69) is 55.5 Å². The quantitative estimate of drug-likeness (QED) is 0.530. The second-order valence-electron chi connectivity index (χ2n) is 5.01. The van der Waals surface area contributed by atoms with Gasteiger partial charge < -0.3 is 9.13 Å². The SMILES string of the molecule is CC=C[SiH](N(CCC)CCC)N(CCC)CCC. The standard InChI is InChI=1S/C15H34N2Si/c1-6-11-16(12-7-2)18(15-10-5)17(13-8-3)14-9-4/h10,15,18H,6-9,11-14H2,1-5H3. The number of nitrogens with zero attached hydrogens (tertiary/aromatic N) is 2. The molecule has 0 aliphatic rings. The first-order chi connectivity index (χ1) is 8.74. The molecular formula is C15H34N2Si. The van der Waals surface area contributed by atoms with Crippen molar-refractivity contribution in [2.45, 2.75) is 60.3 Å². The molecule has 0 heterocycles. The van der Waals surface area contributed by atoms with E-state index in [0.29, 0.717) is 0 Å². The number of allylic oxidation sites excluding steroid dienone is 1. The zero-order chi connectivity index (χ0) is 13.8.